The van der Waals surface area contributed by atoms with Gasteiger partial charge in [-0.1, -0.05) is 29.8 Å². The Labute approximate surface area is 144 Å². The van der Waals surface area contributed by atoms with Gasteiger partial charge in [-0.3, -0.25) is 4.79 Å². The SMILES string of the molecule is Cc1ccc(C(C)(C)C(=O)Nc2ccc(N(C)CCO)cc2)cc1. The first-order valence-electron chi connectivity index (χ1n) is 8.15. The van der Waals surface area contributed by atoms with E-state index in [2.05, 4.69) is 5.32 Å². The van der Waals surface area contributed by atoms with Crippen LogP contribution in [0.2, 0.25) is 0 Å². The van der Waals surface area contributed by atoms with Crippen LogP contribution in [-0.2, 0) is 10.2 Å². The van der Waals surface area contributed by atoms with Gasteiger partial charge in [-0.25, -0.2) is 0 Å². The summed E-state index contributed by atoms with van der Waals surface area (Å²) in [6.07, 6.45) is 0. The average molecular weight is 326 g/mol. The second-order valence-corrected chi connectivity index (χ2v) is 6.64. The first kappa shape index (κ1) is 18.0. The Bertz CT molecular complexity index is 676. The third-order valence-corrected chi connectivity index (χ3v) is 4.34. The Morgan fingerprint density at radius 2 is 1.67 bits per heavy atom. The highest BCUT2D eigenvalue weighted by molar-refractivity contribution is 5.98. The minimum absolute atomic E-state index is 0.0391. The van der Waals surface area contributed by atoms with Gasteiger partial charge < -0.3 is 15.3 Å². The Kier molecular flexibility index (Phi) is 5.62. The van der Waals surface area contributed by atoms with Gasteiger partial charge in [-0.15, -0.1) is 0 Å². The molecular weight excluding hydrogens is 300 g/mol. The van der Waals surface area contributed by atoms with Crippen LogP contribution in [0, 0.1) is 6.92 Å². The summed E-state index contributed by atoms with van der Waals surface area (Å²) in [5.74, 6) is -0.0391. The predicted octanol–water partition coefficient (Wildman–Crippen LogP) is 3.34. The molecular formula is C20H26N2O2. The van der Waals surface area contributed by atoms with Crippen LogP contribution < -0.4 is 10.2 Å². The largest absolute Gasteiger partial charge is 0.395 e. The molecule has 0 aliphatic rings. The third-order valence-electron chi connectivity index (χ3n) is 4.34. The van der Waals surface area contributed by atoms with Crippen LogP contribution in [0.3, 0.4) is 0 Å². The van der Waals surface area contributed by atoms with Gasteiger partial charge in [0.05, 0.1) is 12.0 Å². The first-order valence-corrected chi connectivity index (χ1v) is 8.15. The van der Waals surface area contributed by atoms with Crippen LogP contribution in [0.25, 0.3) is 0 Å². The molecule has 2 rings (SSSR count). The van der Waals surface area contributed by atoms with Crippen LogP contribution in [0.15, 0.2) is 48.5 Å². The Morgan fingerprint density at radius 1 is 1.08 bits per heavy atom. The van der Waals surface area contributed by atoms with Crippen molar-refractivity contribution >= 4 is 17.3 Å². The number of nitrogens with one attached hydrogen (secondary N) is 1. The van der Waals surface area contributed by atoms with E-state index in [1.165, 1.54) is 5.56 Å². The molecule has 0 aromatic heterocycles. The molecule has 0 heterocycles. The number of hydrogen-bond donors (Lipinski definition) is 2. The molecule has 0 atom stereocenters. The zero-order valence-corrected chi connectivity index (χ0v) is 14.8. The van der Waals surface area contributed by atoms with Crippen LogP contribution in [0.4, 0.5) is 11.4 Å². The lowest BCUT2D eigenvalue weighted by molar-refractivity contribution is -0.120. The van der Waals surface area contributed by atoms with Crippen molar-refractivity contribution in [2.75, 3.05) is 30.4 Å². The van der Waals surface area contributed by atoms with E-state index in [-0.39, 0.29) is 12.5 Å². The maximum atomic E-state index is 12.7. The fourth-order valence-corrected chi connectivity index (χ4v) is 2.47. The molecule has 1 amide bonds. The first-order chi connectivity index (χ1) is 11.3. The van der Waals surface area contributed by atoms with Crippen molar-refractivity contribution < 1.29 is 9.90 Å². The number of carbonyl (C=O) groups excluding carboxylic acids is 1. The number of hydrogen-bond acceptors (Lipinski definition) is 3. The number of nitrogens with zero attached hydrogens (tertiary/aromatic N) is 1. The number of benzene rings is 2. The highest BCUT2D eigenvalue weighted by Gasteiger charge is 2.29. The van der Waals surface area contributed by atoms with E-state index in [0.717, 1.165) is 16.9 Å². The molecule has 0 aliphatic carbocycles. The van der Waals surface area contributed by atoms with E-state index in [1.54, 1.807) is 0 Å². The molecule has 0 radical (unpaired) electrons. The van der Waals surface area contributed by atoms with Crippen molar-refractivity contribution in [3.8, 4) is 0 Å². The lowest BCUT2D eigenvalue weighted by Crippen LogP contribution is -2.34. The van der Waals surface area contributed by atoms with Gasteiger partial charge in [-0.05, 0) is 50.6 Å². The van der Waals surface area contributed by atoms with Crippen LogP contribution in [-0.4, -0.2) is 31.2 Å². The standard InChI is InChI=1S/C20H26N2O2/c1-15-5-7-16(8-6-15)20(2,3)19(24)21-17-9-11-18(12-10-17)22(4)13-14-23/h5-12,23H,13-14H2,1-4H3,(H,21,24). The zero-order valence-electron chi connectivity index (χ0n) is 14.8. The Morgan fingerprint density at radius 3 is 2.21 bits per heavy atom. The Hall–Kier alpha value is -2.33. The summed E-state index contributed by atoms with van der Waals surface area (Å²) < 4.78 is 0. The monoisotopic (exact) mass is 326 g/mol. The van der Waals surface area contributed by atoms with Gasteiger partial charge in [0.15, 0.2) is 0 Å². The summed E-state index contributed by atoms with van der Waals surface area (Å²) in [5.41, 5.74) is 3.32. The molecule has 0 spiro atoms. The molecule has 0 bridgehead atoms. The molecule has 24 heavy (non-hydrogen) atoms. The highest BCUT2D eigenvalue weighted by atomic mass is 16.3. The van der Waals surface area contributed by atoms with Crippen molar-refractivity contribution in [3.05, 3.63) is 59.7 Å². The molecule has 0 fully saturated rings. The van der Waals surface area contributed by atoms with E-state index < -0.39 is 5.41 Å². The molecule has 0 unspecified atom stereocenters. The second kappa shape index (κ2) is 7.49. The number of rotatable bonds is 6. The van der Waals surface area contributed by atoms with E-state index in [9.17, 15) is 4.79 Å². The second-order valence-electron chi connectivity index (χ2n) is 6.64. The molecule has 0 saturated carbocycles. The van der Waals surface area contributed by atoms with E-state index in [0.29, 0.717) is 6.54 Å². The maximum Gasteiger partial charge on any atom is 0.234 e. The quantitative estimate of drug-likeness (QED) is 0.856. The van der Waals surface area contributed by atoms with Crippen molar-refractivity contribution in [1.82, 2.24) is 0 Å². The van der Waals surface area contributed by atoms with Gasteiger partial charge in [0.2, 0.25) is 5.91 Å². The van der Waals surface area contributed by atoms with Gasteiger partial charge >= 0.3 is 0 Å². The lowest BCUT2D eigenvalue weighted by atomic mass is 9.83. The summed E-state index contributed by atoms with van der Waals surface area (Å²) in [5, 5.41) is 12.0. The van der Waals surface area contributed by atoms with Crippen molar-refractivity contribution in [1.29, 1.82) is 0 Å². The number of aliphatic hydroxyl groups excluding tert-OH is 1. The molecule has 2 aromatic rings. The fourth-order valence-electron chi connectivity index (χ4n) is 2.47. The summed E-state index contributed by atoms with van der Waals surface area (Å²) in [4.78, 5) is 14.6. The van der Waals surface area contributed by atoms with Gasteiger partial charge in [0.1, 0.15) is 0 Å². The van der Waals surface area contributed by atoms with Crippen LogP contribution in [0.1, 0.15) is 25.0 Å². The number of aliphatic hydroxyl groups is 1. The average Bonchev–Trinajstić information content (AvgIpc) is 2.56. The van der Waals surface area contributed by atoms with Crippen molar-refractivity contribution in [3.63, 3.8) is 0 Å². The van der Waals surface area contributed by atoms with Gasteiger partial charge in [0, 0.05) is 25.0 Å². The predicted molar refractivity (Wildman–Crippen MR) is 99.6 cm³/mol. The summed E-state index contributed by atoms with van der Waals surface area (Å²) in [6, 6.07) is 15.7. The topological polar surface area (TPSA) is 52.6 Å². The van der Waals surface area contributed by atoms with Crippen molar-refractivity contribution in [2.45, 2.75) is 26.2 Å². The van der Waals surface area contributed by atoms with Gasteiger partial charge in [-0.2, -0.15) is 0 Å². The lowest BCUT2D eigenvalue weighted by Gasteiger charge is -2.25. The summed E-state index contributed by atoms with van der Waals surface area (Å²) in [7, 11) is 1.92. The third kappa shape index (κ3) is 4.15. The van der Waals surface area contributed by atoms with E-state index in [1.807, 2.05) is 81.2 Å². The smallest absolute Gasteiger partial charge is 0.234 e. The fraction of sp³-hybridized carbons (Fsp3) is 0.350. The number of amides is 1. The molecule has 4 nitrogen and oxygen atoms in total. The molecule has 4 heteroatoms. The normalized spacial score (nSPS) is 11.2. The molecule has 128 valence electrons. The number of anilines is 2. The minimum Gasteiger partial charge on any atom is -0.395 e. The maximum absolute atomic E-state index is 12.7. The van der Waals surface area contributed by atoms with Crippen LogP contribution >= 0.6 is 0 Å². The minimum atomic E-state index is -0.611. The number of aryl methyl sites for hydroxylation is 1. The molecule has 2 aromatic carbocycles. The van der Waals surface area contributed by atoms with Gasteiger partial charge in [0.25, 0.3) is 0 Å². The molecule has 2 N–H and O–H groups in total. The Balaban J connectivity index is 2.09. The zero-order chi connectivity index (χ0) is 17.7. The summed E-state index contributed by atoms with van der Waals surface area (Å²) in [6.45, 7) is 6.57. The summed E-state index contributed by atoms with van der Waals surface area (Å²) >= 11 is 0. The molecule has 0 aliphatic heterocycles. The number of likely N-dealkylation sites (N-methyl/N-ethyl adjacent to an activating group) is 1. The van der Waals surface area contributed by atoms with Crippen LogP contribution in [0.5, 0.6) is 0 Å². The number of carbonyl (C=O) groups is 1. The highest BCUT2D eigenvalue weighted by Crippen LogP contribution is 2.26. The van der Waals surface area contributed by atoms with Crippen molar-refractivity contribution in [2.24, 2.45) is 0 Å². The van der Waals surface area contributed by atoms with E-state index in [4.69, 9.17) is 5.11 Å². The molecule has 0 saturated heterocycles. The van der Waals surface area contributed by atoms with E-state index >= 15 is 0 Å².